The number of anilines is 2. The molecule has 1 N–H and O–H groups in total. The quantitative estimate of drug-likeness (QED) is 0.915. The van der Waals surface area contributed by atoms with E-state index in [-0.39, 0.29) is 11.9 Å². The van der Waals surface area contributed by atoms with Crippen LogP contribution < -0.4 is 10.2 Å². The lowest BCUT2D eigenvalue weighted by molar-refractivity contribution is -0.132. The lowest BCUT2D eigenvalue weighted by Crippen LogP contribution is -2.52. The van der Waals surface area contributed by atoms with Gasteiger partial charge in [0.05, 0.1) is 0 Å². The van der Waals surface area contributed by atoms with Crippen LogP contribution in [-0.2, 0) is 11.2 Å². The molecule has 3 heterocycles. The van der Waals surface area contributed by atoms with Gasteiger partial charge in [-0.15, -0.1) is 0 Å². The number of fused-ring (bicyclic) bond motifs is 1. The first-order valence-electron chi connectivity index (χ1n) is 8.92. The van der Waals surface area contributed by atoms with Crippen molar-refractivity contribution in [1.29, 1.82) is 0 Å². The number of nitrogens with one attached hydrogen (secondary N) is 1. The van der Waals surface area contributed by atoms with Crippen molar-refractivity contribution >= 4 is 17.3 Å². The zero-order valence-corrected chi connectivity index (χ0v) is 14.8. The number of carbonyl (C=O) groups is 1. The summed E-state index contributed by atoms with van der Waals surface area (Å²) in [6.45, 7) is 7.38. The number of hydrogen-bond acceptors (Lipinski definition) is 4. The monoisotopic (exact) mass is 336 g/mol. The second kappa shape index (κ2) is 6.39. The van der Waals surface area contributed by atoms with Crippen LogP contribution in [0.4, 0.5) is 11.4 Å². The van der Waals surface area contributed by atoms with Crippen LogP contribution in [0.2, 0.25) is 0 Å². The van der Waals surface area contributed by atoms with Gasteiger partial charge in [-0.1, -0.05) is 17.7 Å². The van der Waals surface area contributed by atoms with Crippen molar-refractivity contribution in [3.8, 4) is 0 Å². The lowest BCUT2D eigenvalue weighted by atomic mass is 10.1. The van der Waals surface area contributed by atoms with Gasteiger partial charge in [0.25, 0.3) is 0 Å². The van der Waals surface area contributed by atoms with Crippen LogP contribution in [0.15, 0.2) is 36.5 Å². The molecule has 0 saturated carbocycles. The second-order valence-corrected chi connectivity index (χ2v) is 7.03. The van der Waals surface area contributed by atoms with Crippen LogP contribution in [-0.4, -0.2) is 48.0 Å². The predicted molar refractivity (Wildman–Crippen MR) is 100 cm³/mol. The molecular weight excluding hydrogens is 312 g/mol. The van der Waals surface area contributed by atoms with E-state index >= 15 is 0 Å². The highest BCUT2D eigenvalue weighted by atomic mass is 16.2. The highest BCUT2D eigenvalue weighted by Gasteiger charge is 2.31. The number of hydrogen-bond donors (Lipinski definition) is 1. The molecule has 2 aliphatic heterocycles. The predicted octanol–water partition coefficient (Wildman–Crippen LogP) is 2.38. The Morgan fingerprint density at radius 3 is 2.68 bits per heavy atom. The van der Waals surface area contributed by atoms with E-state index in [0.29, 0.717) is 0 Å². The normalized spacial score (nSPS) is 19.5. The number of benzene rings is 1. The van der Waals surface area contributed by atoms with E-state index < -0.39 is 0 Å². The molecule has 1 fully saturated rings. The second-order valence-electron chi connectivity index (χ2n) is 7.03. The van der Waals surface area contributed by atoms with E-state index in [0.717, 1.165) is 44.0 Å². The molecule has 130 valence electrons. The molecule has 1 saturated heterocycles. The van der Waals surface area contributed by atoms with Gasteiger partial charge in [0.15, 0.2) is 0 Å². The number of pyridine rings is 1. The molecule has 1 aromatic heterocycles. The van der Waals surface area contributed by atoms with Crippen LogP contribution >= 0.6 is 0 Å². The van der Waals surface area contributed by atoms with Crippen LogP contribution in [0, 0.1) is 13.8 Å². The number of carbonyl (C=O) groups excluding carboxylic acids is 1. The maximum atomic E-state index is 12.9. The summed E-state index contributed by atoms with van der Waals surface area (Å²) in [6.07, 6.45) is 2.64. The smallest absolute Gasteiger partial charge is 0.245 e. The number of rotatable bonds is 2. The molecule has 0 spiro atoms. The summed E-state index contributed by atoms with van der Waals surface area (Å²) in [6, 6.07) is 10.4. The van der Waals surface area contributed by atoms with E-state index in [4.69, 9.17) is 0 Å². The summed E-state index contributed by atoms with van der Waals surface area (Å²) < 4.78 is 0. The van der Waals surface area contributed by atoms with Crippen molar-refractivity contribution in [3.63, 3.8) is 0 Å². The minimum atomic E-state index is -0.119. The average molecular weight is 336 g/mol. The number of nitrogens with zero attached hydrogens (tertiary/aromatic N) is 3. The summed E-state index contributed by atoms with van der Waals surface area (Å²) in [4.78, 5) is 21.5. The van der Waals surface area contributed by atoms with Gasteiger partial charge in [0.1, 0.15) is 6.04 Å². The van der Waals surface area contributed by atoms with Gasteiger partial charge in [-0.25, -0.2) is 0 Å². The third-order valence-electron chi connectivity index (χ3n) is 5.15. The van der Waals surface area contributed by atoms with E-state index in [1.165, 1.54) is 16.8 Å². The van der Waals surface area contributed by atoms with Crippen molar-refractivity contribution < 1.29 is 4.79 Å². The average Bonchev–Trinajstić information content (AvgIpc) is 3.04. The summed E-state index contributed by atoms with van der Waals surface area (Å²) in [5.74, 6) is 0.222. The molecule has 5 heteroatoms. The lowest BCUT2D eigenvalue weighted by Gasteiger charge is -2.37. The van der Waals surface area contributed by atoms with Gasteiger partial charge >= 0.3 is 0 Å². The molecular formula is C20H24N4O. The molecule has 4 rings (SSSR count). The van der Waals surface area contributed by atoms with E-state index in [2.05, 4.69) is 46.4 Å². The van der Waals surface area contributed by atoms with Crippen LogP contribution in [0.25, 0.3) is 0 Å². The third kappa shape index (κ3) is 3.18. The first kappa shape index (κ1) is 15.9. The molecule has 0 bridgehead atoms. The Labute approximate surface area is 148 Å². The molecule has 1 aromatic carbocycles. The summed E-state index contributed by atoms with van der Waals surface area (Å²) >= 11 is 0. The Hall–Kier alpha value is -2.56. The largest absolute Gasteiger partial charge is 0.373 e. The first-order chi connectivity index (χ1) is 12.1. The van der Waals surface area contributed by atoms with E-state index in [1.807, 2.05) is 24.1 Å². The fraction of sp³-hybridized carbons (Fsp3) is 0.400. The molecule has 0 aliphatic carbocycles. The maximum absolute atomic E-state index is 12.9. The van der Waals surface area contributed by atoms with Gasteiger partial charge in [-0.05, 0) is 37.6 Å². The molecule has 2 aliphatic rings. The number of aromatic nitrogens is 1. The molecule has 5 nitrogen and oxygen atoms in total. The van der Waals surface area contributed by atoms with Gasteiger partial charge in [-0.3, -0.25) is 9.78 Å². The topological polar surface area (TPSA) is 48.5 Å². The SMILES string of the molecule is Cc1ccc2c(c1)C[C@@H](C(=O)N1CCN(c3ccnc(C)c3)CC1)N2. The molecule has 1 atom stereocenters. The Bertz CT molecular complexity index is 796. The highest BCUT2D eigenvalue weighted by molar-refractivity contribution is 5.87. The minimum Gasteiger partial charge on any atom is -0.373 e. The first-order valence-corrected chi connectivity index (χ1v) is 8.92. The highest BCUT2D eigenvalue weighted by Crippen LogP contribution is 2.28. The zero-order valence-electron chi connectivity index (χ0n) is 14.8. The molecule has 2 aromatic rings. The Kier molecular flexibility index (Phi) is 4.07. The van der Waals surface area contributed by atoms with Crippen molar-refractivity contribution in [3.05, 3.63) is 53.3 Å². The van der Waals surface area contributed by atoms with Gasteiger partial charge in [0.2, 0.25) is 5.91 Å². The molecule has 0 radical (unpaired) electrons. The van der Waals surface area contributed by atoms with Gasteiger partial charge < -0.3 is 15.1 Å². The fourth-order valence-electron chi connectivity index (χ4n) is 3.77. The van der Waals surface area contributed by atoms with Crippen molar-refractivity contribution in [1.82, 2.24) is 9.88 Å². The van der Waals surface area contributed by atoms with Crippen LogP contribution in [0.1, 0.15) is 16.8 Å². The fourth-order valence-corrected chi connectivity index (χ4v) is 3.77. The van der Waals surface area contributed by atoms with Crippen LogP contribution in [0.3, 0.4) is 0 Å². The molecule has 25 heavy (non-hydrogen) atoms. The maximum Gasteiger partial charge on any atom is 0.245 e. The summed E-state index contributed by atoms with van der Waals surface area (Å²) in [5, 5.41) is 3.40. The Balaban J connectivity index is 1.37. The zero-order chi connectivity index (χ0) is 17.4. The Morgan fingerprint density at radius 1 is 1.12 bits per heavy atom. The van der Waals surface area contributed by atoms with Crippen molar-refractivity contribution in [2.45, 2.75) is 26.3 Å². The standard InChI is InChI=1S/C20H24N4O/c1-14-3-4-18-16(11-14)13-19(22-18)20(25)24-9-7-23(8-10-24)17-5-6-21-15(2)12-17/h3-6,11-12,19,22H,7-10,13H2,1-2H3/t19-/m0/s1. The van der Waals surface area contributed by atoms with E-state index in [1.54, 1.807) is 0 Å². The van der Waals surface area contributed by atoms with Crippen molar-refractivity contribution in [2.24, 2.45) is 0 Å². The Morgan fingerprint density at radius 2 is 1.92 bits per heavy atom. The summed E-state index contributed by atoms with van der Waals surface area (Å²) in [7, 11) is 0. The van der Waals surface area contributed by atoms with Gasteiger partial charge in [0, 0.05) is 55.9 Å². The number of aryl methyl sites for hydroxylation is 2. The number of amides is 1. The summed E-state index contributed by atoms with van der Waals surface area (Å²) in [5.41, 5.74) is 5.83. The van der Waals surface area contributed by atoms with Gasteiger partial charge in [-0.2, -0.15) is 0 Å². The third-order valence-corrected chi connectivity index (χ3v) is 5.15. The minimum absolute atomic E-state index is 0.119. The van der Waals surface area contributed by atoms with E-state index in [9.17, 15) is 4.79 Å². The number of piperazine rings is 1. The van der Waals surface area contributed by atoms with Crippen LogP contribution in [0.5, 0.6) is 0 Å². The van der Waals surface area contributed by atoms with Crippen molar-refractivity contribution in [2.75, 3.05) is 36.4 Å². The molecule has 0 unspecified atom stereocenters. The molecule has 1 amide bonds.